The minimum absolute atomic E-state index is 0.156. The van der Waals surface area contributed by atoms with Gasteiger partial charge in [-0.25, -0.2) is 4.39 Å². The highest BCUT2D eigenvalue weighted by molar-refractivity contribution is 6.31. The maximum Gasteiger partial charge on any atom is 0.124 e. The van der Waals surface area contributed by atoms with Crippen LogP contribution in [0.4, 0.5) is 4.39 Å². The maximum atomic E-state index is 13.2. The number of nitrogens with zero attached hydrogens (tertiary/aromatic N) is 2. The minimum atomic E-state index is -0.314. The van der Waals surface area contributed by atoms with Gasteiger partial charge in [0, 0.05) is 43.9 Å². The van der Waals surface area contributed by atoms with E-state index in [4.69, 9.17) is 16.0 Å². The van der Waals surface area contributed by atoms with Gasteiger partial charge < -0.3 is 9.52 Å². The summed E-state index contributed by atoms with van der Waals surface area (Å²) in [6.45, 7) is 6.17. The molecule has 0 saturated carbocycles. The van der Waals surface area contributed by atoms with E-state index in [1.807, 2.05) is 19.1 Å². The Morgan fingerprint density at radius 2 is 2.08 bits per heavy atom. The summed E-state index contributed by atoms with van der Waals surface area (Å²) in [7, 11) is 0. The summed E-state index contributed by atoms with van der Waals surface area (Å²) in [6.07, 6.45) is 0.716. The van der Waals surface area contributed by atoms with Crippen molar-refractivity contribution in [3.05, 3.63) is 58.3 Å². The lowest BCUT2D eigenvalue weighted by Gasteiger charge is -2.41. The lowest BCUT2D eigenvalue weighted by Crippen LogP contribution is -2.52. The second-order valence-corrected chi connectivity index (χ2v) is 7.03. The largest absolute Gasteiger partial charge is 0.465 e. The number of furan rings is 1. The molecule has 1 N–H and O–H groups in total. The second-order valence-electron chi connectivity index (χ2n) is 6.62. The first-order valence-electron chi connectivity index (χ1n) is 8.61. The van der Waals surface area contributed by atoms with Crippen molar-refractivity contribution in [1.82, 2.24) is 9.80 Å². The molecule has 0 radical (unpaired) electrons. The number of aryl methyl sites for hydroxylation is 1. The Hall–Kier alpha value is -1.40. The van der Waals surface area contributed by atoms with Crippen LogP contribution in [0.2, 0.25) is 5.02 Å². The summed E-state index contributed by atoms with van der Waals surface area (Å²) in [5.41, 5.74) is 0.931. The molecule has 0 amide bonds. The predicted molar refractivity (Wildman–Crippen MR) is 96.0 cm³/mol. The van der Waals surface area contributed by atoms with Gasteiger partial charge in [-0.1, -0.05) is 17.7 Å². The Morgan fingerprint density at radius 3 is 2.76 bits per heavy atom. The van der Waals surface area contributed by atoms with Gasteiger partial charge in [0.05, 0.1) is 6.54 Å². The monoisotopic (exact) mass is 366 g/mol. The van der Waals surface area contributed by atoms with Crippen LogP contribution in [-0.4, -0.2) is 47.2 Å². The molecular weight excluding hydrogens is 343 g/mol. The summed E-state index contributed by atoms with van der Waals surface area (Å²) in [4.78, 5) is 4.67. The van der Waals surface area contributed by atoms with Gasteiger partial charge in [-0.05, 0) is 43.2 Å². The Bertz CT molecular complexity index is 706. The minimum Gasteiger partial charge on any atom is -0.465 e. The normalized spacial score (nSPS) is 19.4. The highest BCUT2D eigenvalue weighted by Crippen LogP contribution is 2.23. The van der Waals surface area contributed by atoms with Crippen molar-refractivity contribution in [3.63, 3.8) is 0 Å². The zero-order valence-corrected chi connectivity index (χ0v) is 15.2. The van der Waals surface area contributed by atoms with Gasteiger partial charge in [-0.3, -0.25) is 9.80 Å². The number of aliphatic hydroxyl groups excluding tert-OH is 1. The predicted octanol–water partition coefficient (Wildman–Crippen LogP) is 3.45. The lowest BCUT2D eigenvalue weighted by molar-refractivity contribution is 0.0454. The standard InChI is InChI=1S/C19H24ClFN2O2/c1-14-2-5-18(25-14)13-23-8-7-22(12-17(23)6-9-24)11-15-3-4-16(21)10-19(15)20/h2-5,10,17,24H,6-9,11-13H2,1H3/t17-/m1/s1. The molecule has 2 aromatic rings. The first kappa shape index (κ1) is 18.4. The highest BCUT2D eigenvalue weighted by atomic mass is 35.5. The molecule has 25 heavy (non-hydrogen) atoms. The van der Waals surface area contributed by atoms with Crippen LogP contribution in [0.15, 0.2) is 34.7 Å². The molecule has 0 bridgehead atoms. The van der Waals surface area contributed by atoms with Gasteiger partial charge in [0.15, 0.2) is 0 Å². The number of hydrogen-bond donors (Lipinski definition) is 1. The number of rotatable bonds is 6. The van der Waals surface area contributed by atoms with Crippen molar-refractivity contribution in [2.45, 2.75) is 32.5 Å². The Labute approximate surface area is 152 Å². The van der Waals surface area contributed by atoms with Crippen molar-refractivity contribution >= 4 is 11.6 Å². The molecule has 1 aromatic carbocycles. The molecule has 6 heteroatoms. The van der Waals surface area contributed by atoms with Gasteiger partial charge in [-0.2, -0.15) is 0 Å². The van der Waals surface area contributed by atoms with Crippen molar-refractivity contribution in [3.8, 4) is 0 Å². The molecule has 1 atom stereocenters. The average Bonchev–Trinajstić information content (AvgIpc) is 2.98. The number of benzene rings is 1. The Balaban J connectivity index is 1.64. The number of halogens is 2. The van der Waals surface area contributed by atoms with E-state index in [9.17, 15) is 9.50 Å². The zero-order valence-electron chi connectivity index (χ0n) is 14.4. The zero-order chi connectivity index (χ0) is 17.8. The summed E-state index contributed by atoms with van der Waals surface area (Å²) in [5, 5.41) is 9.89. The van der Waals surface area contributed by atoms with Crippen LogP contribution < -0.4 is 0 Å². The van der Waals surface area contributed by atoms with E-state index in [-0.39, 0.29) is 18.5 Å². The molecule has 0 unspecified atom stereocenters. The van der Waals surface area contributed by atoms with Crippen molar-refractivity contribution in [2.75, 3.05) is 26.2 Å². The smallest absolute Gasteiger partial charge is 0.124 e. The lowest BCUT2D eigenvalue weighted by atomic mass is 10.1. The molecule has 2 heterocycles. The van der Waals surface area contributed by atoms with Crippen LogP contribution in [0, 0.1) is 12.7 Å². The molecule has 1 aliphatic rings. The molecule has 0 spiro atoms. The SMILES string of the molecule is Cc1ccc(CN2CCN(Cc3ccc(F)cc3Cl)C[C@H]2CCO)o1. The molecule has 1 fully saturated rings. The van der Waals surface area contributed by atoms with E-state index >= 15 is 0 Å². The third-order valence-corrected chi connectivity index (χ3v) is 5.07. The fraction of sp³-hybridized carbons (Fsp3) is 0.474. The van der Waals surface area contributed by atoms with Crippen LogP contribution in [0.5, 0.6) is 0 Å². The first-order chi connectivity index (χ1) is 12.0. The third-order valence-electron chi connectivity index (χ3n) is 4.72. The van der Waals surface area contributed by atoms with E-state index in [1.54, 1.807) is 6.07 Å². The van der Waals surface area contributed by atoms with Crippen LogP contribution in [0.3, 0.4) is 0 Å². The molecule has 1 saturated heterocycles. The molecular formula is C19H24ClFN2O2. The van der Waals surface area contributed by atoms with Gasteiger partial charge in [0.25, 0.3) is 0 Å². The Kier molecular flexibility index (Phi) is 6.12. The molecule has 1 aromatic heterocycles. The fourth-order valence-corrected chi connectivity index (χ4v) is 3.62. The average molecular weight is 367 g/mol. The van der Waals surface area contributed by atoms with E-state index in [0.717, 1.165) is 43.3 Å². The van der Waals surface area contributed by atoms with Gasteiger partial charge in [-0.15, -0.1) is 0 Å². The van der Waals surface area contributed by atoms with Crippen LogP contribution in [0.1, 0.15) is 23.5 Å². The number of aliphatic hydroxyl groups is 1. The second kappa shape index (κ2) is 8.32. The number of piperazine rings is 1. The van der Waals surface area contributed by atoms with Crippen LogP contribution in [0.25, 0.3) is 0 Å². The highest BCUT2D eigenvalue weighted by Gasteiger charge is 2.27. The van der Waals surface area contributed by atoms with Crippen molar-refractivity contribution in [1.29, 1.82) is 0 Å². The molecule has 0 aliphatic carbocycles. The molecule has 136 valence electrons. The van der Waals surface area contributed by atoms with E-state index < -0.39 is 0 Å². The van der Waals surface area contributed by atoms with Crippen LogP contribution >= 0.6 is 11.6 Å². The van der Waals surface area contributed by atoms with Crippen molar-refractivity contribution < 1.29 is 13.9 Å². The summed E-state index contributed by atoms with van der Waals surface area (Å²) >= 11 is 6.16. The molecule has 4 nitrogen and oxygen atoms in total. The maximum absolute atomic E-state index is 13.2. The topological polar surface area (TPSA) is 39.9 Å². The molecule has 3 rings (SSSR count). The summed E-state index contributed by atoms with van der Waals surface area (Å²) in [6, 6.07) is 8.79. The fourth-order valence-electron chi connectivity index (χ4n) is 3.39. The van der Waals surface area contributed by atoms with Gasteiger partial charge in [0.1, 0.15) is 17.3 Å². The Morgan fingerprint density at radius 1 is 1.24 bits per heavy atom. The van der Waals surface area contributed by atoms with Crippen molar-refractivity contribution in [2.24, 2.45) is 0 Å². The van der Waals surface area contributed by atoms with Crippen LogP contribution in [-0.2, 0) is 13.1 Å². The number of hydrogen-bond acceptors (Lipinski definition) is 4. The van der Waals surface area contributed by atoms with Gasteiger partial charge in [0.2, 0.25) is 0 Å². The summed E-state index contributed by atoms with van der Waals surface area (Å²) < 4.78 is 18.9. The quantitative estimate of drug-likeness (QED) is 0.850. The molecule has 1 aliphatic heterocycles. The first-order valence-corrected chi connectivity index (χ1v) is 8.99. The summed E-state index contributed by atoms with van der Waals surface area (Å²) in [5.74, 6) is 1.55. The van der Waals surface area contributed by atoms with E-state index in [1.165, 1.54) is 12.1 Å². The van der Waals surface area contributed by atoms with Gasteiger partial charge >= 0.3 is 0 Å². The van der Waals surface area contributed by atoms with E-state index in [2.05, 4.69) is 9.80 Å². The third kappa shape index (κ3) is 4.82. The van der Waals surface area contributed by atoms with E-state index in [0.29, 0.717) is 18.0 Å².